The maximum absolute atomic E-state index is 12.7. The van der Waals surface area contributed by atoms with Crippen LogP contribution in [0.2, 0.25) is 0 Å². The zero-order valence-electron chi connectivity index (χ0n) is 11.6. The van der Waals surface area contributed by atoms with E-state index in [2.05, 4.69) is 0 Å². The molecular weight excluding hydrogens is 248 g/mol. The lowest BCUT2D eigenvalue weighted by molar-refractivity contribution is -0.141. The van der Waals surface area contributed by atoms with Crippen molar-refractivity contribution < 1.29 is 9.53 Å². The van der Waals surface area contributed by atoms with E-state index in [1.165, 1.54) is 0 Å². The number of carbonyl (C=O) groups is 1. The lowest BCUT2D eigenvalue weighted by Gasteiger charge is -2.39. The van der Waals surface area contributed by atoms with E-state index in [0.29, 0.717) is 11.6 Å². The Labute approximate surface area is 115 Å². The van der Waals surface area contributed by atoms with Crippen LogP contribution in [-0.2, 0) is 9.53 Å². The number of nitrogens with two attached hydrogens (primary N) is 1. The van der Waals surface area contributed by atoms with Gasteiger partial charge in [-0.3, -0.25) is 4.79 Å². The number of thiocarbonyl (C=S) groups is 1. The van der Waals surface area contributed by atoms with Crippen molar-refractivity contribution in [2.24, 2.45) is 11.1 Å². The van der Waals surface area contributed by atoms with Crippen molar-refractivity contribution in [3.63, 3.8) is 0 Å². The molecule has 2 N–H and O–H groups in total. The van der Waals surface area contributed by atoms with Crippen molar-refractivity contribution in [2.45, 2.75) is 45.1 Å². The average molecular weight is 272 g/mol. The molecule has 1 aliphatic carbocycles. The molecule has 0 bridgehead atoms. The van der Waals surface area contributed by atoms with Crippen molar-refractivity contribution in [3.8, 4) is 0 Å². The number of nitrogens with zero attached hydrogens (tertiary/aromatic N) is 1. The van der Waals surface area contributed by atoms with Gasteiger partial charge in [-0.2, -0.15) is 0 Å². The Morgan fingerprint density at radius 3 is 2.44 bits per heavy atom. The quantitative estimate of drug-likeness (QED) is 0.774. The number of likely N-dealkylation sites (N-methyl/N-ethyl adjacent to an activating group) is 1. The molecule has 1 fully saturated rings. The van der Waals surface area contributed by atoms with Crippen LogP contribution < -0.4 is 5.73 Å². The summed E-state index contributed by atoms with van der Waals surface area (Å²) in [6.07, 6.45) is 4.77. The molecule has 0 aromatic rings. The highest BCUT2D eigenvalue weighted by Gasteiger charge is 2.44. The molecule has 5 heteroatoms. The minimum Gasteiger partial charge on any atom is -0.392 e. The van der Waals surface area contributed by atoms with Crippen molar-refractivity contribution in [2.75, 3.05) is 20.8 Å². The molecule has 1 aliphatic rings. The smallest absolute Gasteiger partial charge is 0.235 e. The van der Waals surface area contributed by atoms with E-state index in [9.17, 15) is 4.79 Å². The van der Waals surface area contributed by atoms with Crippen LogP contribution in [0.4, 0.5) is 0 Å². The van der Waals surface area contributed by atoms with E-state index < -0.39 is 5.41 Å². The highest BCUT2D eigenvalue weighted by Crippen LogP contribution is 2.38. The monoisotopic (exact) mass is 272 g/mol. The second-order valence-corrected chi connectivity index (χ2v) is 5.67. The normalized spacial score (nSPS) is 20.2. The molecule has 0 aromatic heterocycles. The molecule has 1 unspecified atom stereocenters. The van der Waals surface area contributed by atoms with Gasteiger partial charge in [-0.1, -0.05) is 31.5 Å². The molecule has 0 aliphatic heterocycles. The number of ether oxygens (including phenoxy) is 1. The van der Waals surface area contributed by atoms with Crippen LogP contribution >= 0.6 is 12.2 Å². The van der Waals surface area contributed by atoms with Gasteiger partial charge in [0.2, 0.25) is 5.91 Å². The van der Waals surface area contributed by atoms with Gasteiger partial charge in [0.25, 0.3) is 0 Å². The predicted octanol–water partition coefficient (Wildman–Crippen LogP) is 1.72. The van der Waals surface area contributed by atoms with E-state index >= 15 is 0 Å². The van der Waals surface area contributed by atoms with Gasteiger partial charge < -0.3 is 15.4 Å². The number of hydrogen-bond acceptors (Lipinski definition) is 3. The van der Waals surface area contributed by atoms with Crippen LogP contribution in [0.3, 0.4) is 0 Å². The number of rotatable bonds is 5. The minimum atomic E-state index is -0.621. The summed E-state index contributed by atoms with van der Waals surface area (Å²) in [6.45, 7) is 2.49. The van der Waals surface area contributed by atoms with Gasteiger partial charge >= 0.3 is 0 Å². The Morgan fingerprint density at radius 2 is 2.00 bits per heavy atom. The number of amides is 1. The summed E-state index contributed by atoms with van der Waals surface area (Å²) in [7, 11) is 3.44. The Bertz CT molecular complexity index is 314. The van der Waals surface area contributed by atoms with Crippen LogP contribution in [0.1, 0.15) is 39.0 Å². The van der Waals surface area contributed by atoms with Crippen LogP contribution in [0.15, 0.2) is 0 Å². The Kier molecular flexibility index (Phi) is 5.53. The van der Waals surface area contributed by atoms with Gasteiger partial charge in [0.05, 0.1) is 23.1 Å². The first kappa shape index (κ1) is 15.4. The zero-order valence-corrected chi connectivity index (χ0v) is 12.4. The number of hydrogen-bond donors (Lipinski definition) is 1. The van der Waals surface area contributed by atoms with Crippen molar-refractivity contribution in [1.29, 1.82) is 0 Å². The molecule has 1 saturated carbocycles. The molecule has 4 nitrogen and oxygen atoms in total. The highest BCUT2D eigenvalue weighted by atomic mass is 32.1. The first-order valence-electron chi connectivity index (χ1n) is 6.52. The largest absolute Gasteiger partial charge is 0.392 e. The third-order valence-corrected chi connectivity index (χ3v) is 4.37. The number of methoxy groups -OCH3 is 1. The molecule has 0 saturated heterocycles. The van der Waals surface area contributed by atoms with Gasteiger partial charge in [0.15, 0.2) is 0 Å². The molecule has 1 amide bonds. The van der Waals surface area contributed by atoms with Gasteiger partial charge in [-0.05, 0) is 19.8 Å². The molecule has 104 valence electrons. The van der Waals surface area contributed by atoms with Crippen LogP contribution in [-0.4, -0.2) is 42.6 Å². The van der Waals surface area contributed by atoms with E-state index in [1.807, 2.05) is 6.92 Å². The van der Waals surface area contributed by atoms with Crippen LogP contribution in [0, 0.1) is 5.41 Å². The molecular formula is C13H24N2O2S. The molecule has 0 heterocycles. The first-order valence-corrected chi connectivity index (χ1v) is 6.92. The van der Waals surface area contributed by atoms with E-state index in [-0.39, 0.29) is 11.9 Å². The third kappa shape index (κ3) is 3.01. The van der Waals surface area contributed by atoms with Gasteiger partial charge in [-0.15, -0.1) is 0 Å². The van der Waals surface area contributed by atoms with Gasteiger partial charge in [-0.25, -0.2) is 0 Å². The minimum absolute atomic E-state index is 0.0376. The summed E-state index contributed by atoms with van der Waals surface area (Å²) in [4.78, 5) is 14.8. The van der Waals surface area contributed by atoms with E-state index in [0.717, 1.165) is 32.1 Å². The maximum atomic E-state index is 12.7. The van der Waals surface area contributed by atoms with Crippen LogP contribution in [0.25, 0.3) is 0 Å². The lowest BCUT2D eigenvalue weighted by Crippen LogP contribution is -2.53. The fourth-order valence-electron chi connectivity index (χ4n) is 2.61. The fourth-order valence-corrected chi connectivity index (χ4v) is 2.90. The first-order chi connectivity index (χ1) is 8.45. The Balaban J connectivity index is 2.86. The zero-order chi connectivity index (χ0) is 13.8. The molecule has 1 rings (SSSR count). The average Bonchev–Trinajstić information content (AvgIpc) is 2.37. The molecule has 0 radical (unpaired) electrons. The van der Waals surface area contributed by atoms with Crippen molar-refractivity contribution in [3.05, 3.63) is 0 Å². The topological polar surface area (TPSA) is 55.6 Å². The third-order valence-electron chi connectivity index (χ3n) is 3.98. The maximum Gasteiger partial charge on any atom is 0.235 e. The second kappa shape index (κ2) is 6.48. The van der Waals surface area contributed by atoms with E-state index in [4.69, 9.17) is 22.7 Å². The van der Waals surface area contributed by atoms with E-state index in [1.54, 1.807) is 19.1 Å². The molecule has 0 aromatic carbocycles. The summed E-state index contributed by atoms with van der Waals surface area (Å²) >= 11 is 5.17. The predicted molar refractivity (Wildman–Crippen MR) is 76.4 cm³/mol. The summed E-state index contributed by atoms with van der Waals surface area (Å²) in [5, 5.41) is 0. The van der Waals surface area contributed by atoms with Crippen molar-refractivity contribution in [1.82, 2.24) is 4.90 Å². The van der Waals surface area contributed by atoms with Crippen LogP contribution in [0.5, 0.6) is 0 Å². The Morgan fingerprint density at radius 1 is 1.44 bits per heavy atom. The van der Waals surface area contributed by atoms with Crippen molar-refractivity contribution >= 4 is 23.1 Å². The highest BCUT2D eigenvalue weighted by molar-refractivity contribution is 7.80. The fraction of sp³-hybridized carbons (Fsp3) is 0.846. The standard InChI is InChI=1S/C13H24N2O2S/c1-10(9-17-3)15(2)12(16)13(11(14)18)7-5-4-6-8-13/h10H,4-9H2,1-3H3,(H2,14,18). The molecule has 18 heavy (non-hydrogen) atoms. The molecule has 1 atom stereocenters. The lowest BCUT2D eigenvalue weighted by atomic mass is 9.72. The summed E-state index contributed by atoms with van der Waals surface area (Å²) in [6, 6.07) is 0.0376. The summed E-state index contributed by atoms with van der Waals surface area (Å²) in [5.74, 6) is 0.0549. The summed E-state index contributed by atoms with van der Waals surface area (Å²) < 4.78 is 5.10. The second-order valence-electron chi connectivity index (χ2n) is 5.23. The number of carbonyl (C=O) groups excluding carboxylic acids is 1. The Hall–Kier alpha value is -0.680. The SMILES string of the molecule is COCC(C)N(C)C(=O)C1(C(N)=S)CCCCC1. The van der Waals surface area contributed by atoms with Gasteiger partial charge in [0, 0.05) is 14.2 Å². The molecule has 0 spiro atoms. The van der Waals surface area contributed by atoms with Gasteiger partial charge in [0.1, 0.15) is 0 Å². The summed E-state index contributed by atoms with van der Waals surface area (Å²) in [5.41, 5.74) is 5.25.